The van der Waals surface area contributed by atoms with Gasteiger partial charge in [0.05, 0.1) is 5.57 Å². The number of nitrogens with one attached hydrogen (secondary N) is 1. The summed E-state index contributed by atoms with van der Waals surface area (Å²) in [6.07, 6.45) is 1.28. The fourth-order valence-electron chi connectivity index (χ4n) is 1.95. The molecule has 2 amide bonds. The van der Waals surface area contributed by atoms with E-state index in [1.54, 1.807) is 0 Å². The minimum absolute atomic E-state index is 0.324. The Morgan fingerprint density at radius 3 is 2.56 bits per heavy atom. The number of carbonyl (C=O) groups is 2. The van der Waals surface area contributed by atoms with Gasteiger partial charge < -0.3 is 0 Å². The summed E-state index contributed by atoms with van der Waals surface area (Å²) >= 11 is 0. The Labute approximate surface area is 103 Å². The molecule has 1 radical (unpaired) electrons. The first kappa shape index (κ1) is 10.5. The van der Waals surface area contributed by atoms with Crippen LogP contribution in [-0.4, -0.2) is 11.8 Å². The number of hydrogen-bond acceptors (Lipinski definition) is 2. The maximum atomic E-state index is 11.6. The standard InChI is InChI=1S/C14H9N2O2/c17-13-8-12(14(18)16-15-13)11-6-5-9-3-1-2-4-10(9)7-11/h1-8H,(H,15,17). The van der Waals surface area contributed by atoms with Gasteiger partial charge in [-0.25, -0.2) is 5.43 Å². The highest BCUT2D eigenvalue weighted by Gasteiger charge is 2.20. The SMILES string of the molecule is O=C1C=C(c2ccc3ccccc3c2)C(=O)[N]N1. The Balaban J connectivity index is 2.14. The van der Waals surface area contributed by atoms with Gasteiger partial charge in [0.25, 0.3) is 11.8 Å². The monoisotopic (exact) mass is 237 g/mol. The lowest BCUT2D eigenvalue weighted by Crippen LogP contribution is -2.39. The molecule has 0 spiro atoms. The van der Waals surface area contributed by atoms with Crippen molar-refractivity contribution < 1.29 is 9.59 Å². The van der Waals surface area contributed by atoms with E-state index < -0.39 is 5.91 Å². The van der Waals surface area contributed by atoms with Crippen molar-refractivity contribution in [3.8, 4) is 0 Å². The molecular formula is C14H9N2O2. The summed E-state index contributed by atoms with van der Waals surface area (Å²) in [5.74, 6) is -0.803. The molecule has 0 aromatic heterocycles. The second-order valence-electron chi connectivity index (χ2n) is 4.01. The van der Waals surface area contributed by atoms with Gasteiger partial charge in [0, 0.05) is 6.08 Å². The van der Waals surface area contributed by atoms with Crippen molar-refractivity contribution in [1.29, 1.82) is 0 Å². The Bertz CT molecular complexity index is 689. The fraction of sp³-hybridized carbons (Fsp3) is 0. The molecule has 4 heteroatoms. The third-order valence-electron chi connectivity index (χ3n) is 2.83. The third kappa shape index (κ3) is 1.73. The van der Waals surface area contributed by atoms with Gasteiger partial charge >= 0.3 is 0 Å². The zero-order valence-corrected chi connectivity index (χ0v) is 9.38. The summed E-state index contributed by atoms with van der Waals surface area (Å²) in [5.41, 5.74) is 6.60. The first-order chi connectivity index (χ1) is 8.74. The number of fused-ring (bicyclic) bond motifs is 1. The highest BCUT2D eigenvalue weighted by molar-refractivity contribution is 6.26. The third-order valence-corrected chi connectivity index (χ3v) is 2.83. The van der Waals surface area contributed by atoms with E-state index in [9.17, 15) is 9.59 Å². The summed E-state index contributed by atoms with van der Waals surface area (Å²) in [4.78, 5) is 22.8. The van der Waals surface area contributed by atoms with Crippen LogP contribution in [0.25, 0.3) is 16.3 Å². The molecule has 0 unspecified atom stereocenters. The average Bonchev–Trinajstić information content (AvgIpc) is 2.41. The summed E-state index contributed by atoms with van der Waals surface area (Å²) in [7, 11) is 0. The van der Waals surface area contributed by atoms with Crippen molar-refractivity contribution in [3.63, 3.8) is 0 Å². The fourth-order valence-corrected chi connectivity index (χ4v) is 1.95. The van der Waals surface area contributed by atoms with Crippen molar-refractivity contribution >= 4 is 28.2 Å². The first-order valence-electron chi connectivity index (χ1n) is 5.50. The van der Waals surface area contributed by atoms with Crippen molar-refractivity contribution in [2.45, 2.75) is 0 Å². The van der Waals surface area contributed by atoms with Crippen LogP contribution in [0.5, 0.6) is 0 Å². The van der Waals surface area contributed by atoms with Crippen molar-refractivity contribution in [1.82, 2.24) is 10.9 Å². The predicted octanol–water partition coefficient (Wildman–Crippen LogP) is 1.40. The van der Waals surface area contributed by atoms with Gasteiger partial charge in [-0.1, -0.05) is 36.4 Å². The van der Waals surface area contributed by atoms with E-state index in [0.29, 0.717) is 11.1 Å². The zero-order valence-electron chi connectivity index (χ0n) is 9.38. The second kappa shape index (κ2) is 4.00. The van der Waals surface area contributed by atoms with E-state index in [-0.39, 0.29) is 5.91 Å². The summed E-state index contributed by atoms with van der Waals surface area (Å²) < 4.78 is 0. The quantitative estimate of drug-likeness (QED) is 0.814. The molecular weight excluding hydrogens is 228 g/mol. The first-order valence-corrected chi connectivity index (χ1v) is 5.50. The van der Waals surface area contributed by atoms with E-state index in [1.165, 1.54) is 6.08 Å². The lowest BCUT2D eigenvalue weighted by atomic mass is 10.00. The highest BCUT2D eigenvalue weighted by atomic mass is 16.2. The molecule has 0 saturated heterocycles. The van der Waals surface area contributed by atoms with Gasteiger partial charge in [-0.3, -0.25) is 9.59 Å². The van der Waals surface area contributed by atoms with Crippen molar-refractivity contribution in [2.24, 2.45) is 0 Å². The molecule has 1 aliphatic heterocycles. The van der Waals surface area contributed by atoms with Gasteiger partial charge in [-0.15, -0.1) is 5.43 Å². The van der Waals surface area contributed by atoms with Gasteiger partial charge in [0.1, 0.15) is 0 Å². The second-order valence-corrected chi connectivity index (χ2v) is 4.01. The maximum absolute atomic E-state index is 11.6. The van der Waals surface area contributed by atoms with E-state index in [0.717, 1.165) is 10.8 Å². The molecule has 0 atom stereocenters. The van der Waals surface area contributed by atoms with Crippen LogP contribution in [0.15, 0.2) is 48.5 Å². The summed E-state index contributed by atoms with van der Waals surface area (Å²) in [6, 6.07) is 13.5. The highest BCUT2D eigenvalue weighted by Crippen LogP contribution is 2.22. The molecule has 0 bridgehead atoms. The van der Waals surface area contributed by atoms with Crippen LogP contribution in [0.3, 0.4) is 0 Å². The van der Waals surface area contributed by atoms with Crippen molar-refractivity contribution in [3.05, 3.63) is 54.1 Å². The minimum Gasteiger partial charge on any atom is -0.268 e. The van der Waals surface area contributed by atoms with E-state index in [2.05, 4.69) is 10.9 Å². The van der Waals surface area contributed by atoms with Crippen LogP contribution in [0, 0.1) is 0 Å². The summed E-state index contributed by atoms with van der Waals surface area (Å²) in [5, 5.41) is 2.11. The molecule has 0 aliphatic carbocycles. The molecule has 1 heterocycles. The Morgan fingerprint density at radius 2 is 1.72 bits per heavy atom. The van der Waals surface area contributed by atoms with Crippen LogP contribution >= 0.6 is 0 Å². The van der Waals surface area contributed by atoms with Gasteiger partial charge in [-0.05, 0) is 22.4 Å². The molecule has 2 aromatic carbocycles. The zero-order chi connectivity index (χ0) is 12.5. The van der Waals surface area contributed by atoms with Crippen LogP contribution in [0.1, 0.15) is 5.56 Å². The van der Waals surface area contributed by atoms with Gasteiger partial charge in [-0.2, -0.15) is 0 Å². The van der Waals surface area contributed by atoms with Gasteiger partial charge in [0.15, 0.2) is 0 Å². The topological polar surface area (TPSA) is 60.3 Å². The molecule has 1 N–H and O–H groups in total. The smallest absolute Gasteiger partial charge is 0.268 e. The number of benzene rings is 2. The number of rotatable bonds is 1. The molecule has 87 valence electrons. The van der Waals surface area contributed by atoms with Gasteiger partial charge in [0.2, 0.25) is 0 Å². The maximum Gasteiger partial charge on any atom is 0.294 e. The minimum atomic E-state index is -0.426. The largest absolute Gasteiger partial charge is 0.294 e. The van der Waals surface area contributed by atoms with Crippen molar-refractivity contribution in [2.75, 3.05) is 0 Å². The Morgan fingerprint density at radius 1 is 0.944 bits per heavy atom. The average molecular weight is 237 g/mol. The van der Waals surface area contributed by atoms with E-state index >= 15 is 0 Å². The molecule has 2 aromatic rings. The van der Waals surface area contributed by atoms with E-state index in [4.69, 9.17) is 0 Å². The predicted molar refractivity (Wildman–Crippen MR) is 67.2 cm³/mol. The van der Waals surface area contributed by atoms with Crippen LogP contribution in [0.4, 0.5) is 0 Å². The normalized spacial score (nSPS) is 15.0. The lowest BCUT2D eigenvalue weighted by Gasteiger charge is -2.12. The Kier molecular flexibility index (Phi) is 2.34. The molecule has 0 fully saturated rings. The molecule has 3 rings (SSSR count). The Hall–Kier alpha value is -2.62. The lowest BCUT2D eigenvalue weighted by molar-refractivity contribution is -0.125. The van der Waals surface area contributed by atoms with Crippen LogP contribution < -0.4 is 10.9 Å². The molecule has 18 heavy (non-hydrogen) atoms. The number of hydrogen-bond donors (Lipinski definition) is 1. The summed E-state index contributed by atoms with van der Waals surface area (Å²) in [6.45, 7) is 0. The number of nitrogens with zero attached hydrogens (tertiary/aromatic N) is 1. The van der Waals surface area contributed by atoms with Crippen LogP contribution in [-0.2, 0) is 9.59 Å². The molecule has 0 saturated carbocycles. The van der Waals surface area contributed by atoms with E-state index in [1.807, 2.05) is 42.5 Å². The van der Waals surface area contributed by atoms with Crippen LogP contribution in [0.2, 0.25) is 0 Å². The molecule has 4 nitrogen and oxygen atoms in total. The number of amides is 2. The molecule has 1 aliphatic rings. The number of carbonyl (C=O) groups excluding carboxylic acids is 2.